The maximum Gasteiger partial charge on any atom is 0.144 e. The molecule has 0 saturated carbocycles. The van der Waals surface area contributed by atoms with Crippen LogP contribution < -0.4 is 5.32 Å². The van der Waals surface area contributed by atoms with Crippen LogP contribution in [0, 0.1) is 0 Å². The van der Waals surface area contributed by atoms with Crippen LogP contribution in [0.5, 0.6) is 0 Å². The molecule has 0 aromatic carbocycles. The van der Waals surface area contributed by atoms with E-state index in [4.69, 9.17) is 0 Å². The highest BCUT2D eigenvalue weighted by Gasteiger charge is 2.03. The molecule has 1 N–H and O–H groups in total. The summed E-state index contributed by atoms with van der Waals surface area (Å²) in [6, 6.07) is 0. The Bertz CT molecular complexity index is 449. The number of hydrogen-bond acceptors (Lipinski definition) is 4. The zero-order chi connectivity index (χ0) is 10.7. The van der Waals surface area contributed by atoms with Crippen LogP contribution in [0.15, 0.2) is 24.8 Å². The van der Waals surface area contributed by atoms with Crippen LogP contribution >= 0.6 is 0 Å². The Labute approximate surface area is 88.2 Å². The molecule has 0 aliphatic heterocycles. The first kappa shape index (κ1) is 9.64. The van der Waals surface area contributed by atoms with Gasteiger partial charge in [-0.2, -0.15) is 5.10 Å². The Morgan fingerprint density at radius 3 is 2.87 bits per heavy atom. The lowest BCUT2D eigenvalue weighted by Crippen LogP contribution is -1.94. The summed E-state index contributed by atoms with van der Waals surface area (Å²) in [6.45, 7) is 2.91. The molecule has 0 aliphatic carbocycles. The minimum Gasteiger partial charge on any atom is -0.372 e. The minimum absolute atomic E-state index is 0.761. The summed E-state index contributed by atoms with van der Waals surface area (Å²) >= 11 is 0. The molecule has 2 heterocycles. The molecule has 2 aromatic rings. The average molecular weight is 203 g/mol. The smallest absolute Gasteiger partial charge is 0.144 e. The Morgan fingerprint density at radius 1 is 1.33 bits per heavy atom. The second kappa shape index (κ2) is 4.08. The molecule has 0 radical (unpaired) electrons. The predicted octanol–water partition coefficient (Wildman–Crippen LogP) is 1.40. The van der Waals surface area contributed by atoms with E-state index < -0.39 is 0 Å². The van der Waals surface area contributed by atoms with Crippen LogP contribution in [0.2, 0.25) is 0 Å². The minimum atomic E-state index is 0.761. The fourth-order valence-corrected chi connectivity index (χ4v) is 1.29. The molecule has 0 aliphatic rings. The van der Waals surface area contributed by atoms with Crippen molar-refractivity contribution in [3.63, 3.8) is 0 Å². The third-order valence-electron chi connectivity index (χ3n) is 2.14. The van der Waals surface area contributed by atoms with Crippen molar-refractivity contribution in [1.82, 2.24) is 19.7 Å². The van der Waals surface area contributed by atoms with Gasteiger partial charge in [-0.3, -0.25) is 9.67 Å². The van der Waals surface area contributed by atoms with E-state index in [1.54, 1.807) is 18.6 Å². The normalized spacial score (nSPS) is 10.3. The van der Waals surface area contributed by atoms with Crippen molar-refractivity contribution in [2.75, 3.05) is 12.4 Å². The first-order valence-corrected chi connectivity index (χ1v) is 4.86. The Kier molecular flexibility index (Phi) is 2.62. The Morgan fingerprint density at radius 2 is 2.20 bits per heavy atom. The van der Waals surface area contributed by atoms with Crippen LogP contribution in [0.4, 0.5) is 5.82 Å². The predicted molar refractivity (Wildman–Crippen MR) is 58.5 cm³/mol. The topological polar surface area (TPSA) is 55.6 Å². The molecule has 0 atom stereocenters. The van der Waals surface area contributed by atoms with Gasteiger partial charge in [-0.15, -0.1) is 0 Å². The number of aryl methyl sites for hydroxylation is 1. The van der Waals surface area contributed by atoms with Crippen molar-refractivity contribution in [2.45, 2.75) is 13.5 Å². The van der Waals surface area contributed by atoms with Gasteiger partial charge in [-0.1, -0.05) is 0 Å². The molecule has 0 spiro atoms. The van der Waals surface area contributed by atoms with Gasteiger partial charge < -0.3 is 5.32 Å². The summed E-state index contributed by atoms with van der Waals surface area (Å²) in [6.07, 6.45) is 7.18. The van der Waals surface area contributed by atoms with E-state index in [0.29, 0.717) is 0 Å². The van der Waals surface area contributed by atoms with Gasteiger partial charge >= 0.3 is 0 Å². The number of anilines is 1. The molecule has 0 bridgehead atoms. The monoisotopic (exact) mass is 203 g/mol. The summed E-state index contributed by atoms with van der Waals surface area (Å²) in [7, 11) is 1.82. The molecule has 5 heteroatoms. The molecule has 0 saturated heterocycles. The summed E-state index contributed by atoms with van der Waals surface area (Å²) < 4.78 is 1.86. The third-order valence-corrected chi connectivity index (χ3v) is 2.14. The van der Waals surface area contributed by atoms with Gasteiger partial charge in [-0.25, -0.2) is 4.98 Å². The summed E-state index contributed by atoms with van der Waals surface area (Å²) in [5.41, 5.74) is 1.82. The molecule has 5 nitrogen and oxygen atoms in total. The molecule has 2 rings (SSSR count). The number of nitrogens with zero attached hydrogens (tertiary/aromatic N) is 4. The number of hydrogen-bond donors (Lipinski definition) is 1. The zero-order valence-corrected chi connectivity index (χ0v) is 8.81. The van der Waals surface area contributed by atoms with E-state index in [1.807, 2.05) is 24.9 Å². The van der Waals surface area contributed by atoms with Crippen molar-refractivity contribution in [1.29, 1.82) is 0 Å². The zero-order valence-electron chi connectivity index (χ0n) is 8.81. The number of aromatic nitrogens is 4. The molecule has 0 unspecified atom stereocenters. The molecular formula is C10H13N5. The fraction of sp³-hybridized carbons (Fsp3) is 0.300. The highest BCUT2D eigenvalue weighted by Crippen LogP contribution is 2.16. The molecule has 15 heavy (non-hydrogen) atoms. The maximum atomic E-state index is 4.38. The van der Waals surface area contributed by atoms with Gasteiger partial charge in [0.2, 0.25) is 0 Å². The maximum absolute atomic E-state index is 4.38. The van der Waals surface area contributed by atoms with Crippen LogP contribution in [0.3, 0.4) is 0 Å². The van der Waals surface area contributed by atoms with E-state index in [2.05, 4.69) is 20.4 Å². The van der Waals surface area contributed by atoms with Crippen LogP contribution in [0.25, 0.3) is 11.3 Å². The summed E-state index contributed by atoms with van der Waals surface area (Å²) in [5, 5.41) is 7.15. The van der Waals surface area contributed by atoms with E-state index in [1.165, 1.54) is 0 Å². The second-order valence-electron chi connectivity index (χ2n) is 3.12. The van der Waals surface area contributed by atoms with Crippen molar-refractivity contribution < 1.29 is 0 Å². The standard InChI is InChI=1S/C10H13N5/c1-3-15-7-8(4-13-15)9-5-12-6-10(11-2)14-9/h4-7H,3H2,1-2H3,(H,11,14). The number of nitrogens with one attached hydrogen (secondary N) is 1. The molecule has 78 valence electrons. The average Bonchev–Trinajstić information content (AvgIpc) is 2.78. The number of rotatable bonds is 3. The van der Waals surface area contributed by atoms with Crippen LogP contribution in [-0.2, 0) is 6.54 Å². The fourth-order valence-electron chi connectivity index (χ4n) is 1.29. The summed E-state index contributed by atoms with van der Waals surface area (Å²) in [4.78, 5) is 8.49. The van der Waals surface area contributed by atoms with Crippen molar-refractivity contribution in [2.24, 2.45) is 0 Å². The first-order valence-electron chi connectivity index (χ1n) is 4.86. The SMILES string of the molecule is CCn1cc(-c2cncc(NC)n2)cn1. The molecule has 0 fully saturated rings. The van der Waals surface area contributed by atoms with Crippen molar-refractivity contribution in [3.05, 3.63) is 24.8 Å². The van der Waals surface area contributed by atoms with Crippen LogP contribution in [-0.4, -0.2) is 26.8 Å². The van der Waals surface area contributed by atoms with Gasteiger partial charge in [0.05, 0.1) is 24.3 Å². The quantitative estimate of drug-likeness (QED) is 0.819. The van der Waals surface area contributed by atoms with Crippen LogP contribution in [0.1, 0.15) is 6.92 Å². The molecule has 2 aromatic heterocycles. The van der Waals surface area contributed by atoms with Gasteiger partial charge in [0.1, 0.15) is 5.82 Å². The lowest BCUT2D eigenvalue weighted by atomic mass is 10.3. The second-order valence-corrected chi connectivity index (χ2v) is 3.12. The highest BCUT2D eigenvalue weighted by molar-refractivity contribution is 5.57. The van der Waals surface area contributed by atoms with Crippen molar-refractivity contribution in [3.8, 4) is 11.3 Å². The van der Waals surface area contributed by atoms with E-state index in [-0.39, 0.29) is 0 Å². The molecule has 0 amide bonds. The van der Waals surface area contributed by atoms with E-state index in [9.17, 15) is 0 Å². The largest absolute Gasteiger partial charge is 0.372 e. The van der Waals surface area contributed by atoms with E-state index >= 15 is 0 Å². The van der Waals surface area contributed by atoms with Crippen molar-refractivity contribution >= 4 is 5.82 Å². The lowest BCUT2D eigenvalue weighted by molar-refractivity contribution is 0.660. The highest BCUT2D eigenvalue weighted by atomic mass is 15.3. The van der Waals surface area contributed by atoms with E-state index in [0.717, 1.165) is 23.6 Å². The Balaban J connectivity index is 2.35. The summed E-state index contributed by atoms with van der Waals surface area (Å²) in [5.74, 6) is 0.761. The Hall–Kier alpha value is -1.91. The van der Waals surface area contributed by atoms with Gasteiger partial charge in [0.15, 0.2) is 0 Å². The van der Waals surface area contributed by atoms with Gasteiger partial charge in [-0.05, 0) is 6.92 Å². The van der Waals surface area contributed by atoms with Gasteiger partial charge in [0.25, 0.3) is 0 Å². The molecular weight excluding hydrogens is 190 g/mol. The first-order chi connectivity index (χ1) is 7.33. The van der Waals surface area contributed by atoms with Gasteiger partial charge in [0, 0.05) is 25.4 Å². The third kappa shape index (κ3) is 1.96. The lowest BCUT2D eigenvalue weighted by Gasteiger charge is -2.00.